The van der Waals surface area contributed by atoms with Gasteiger partial charge in [-0.2, -0.15) is 4.52 Å². The van der Waals surface area contributed by atoms with Crippen LogP contribution in [0.4, 0.5) is 5.13 Å². The number of nitrogens with zero attached hydrogens (tertiary/aromatic N) is 7. The zero-order valence-electron chi connectivity index (χ0n) is 24.4. The van der Waals surface area contributed by atoms with E-state index in [4.69, 9.17) is 10.6 Å². The molecule has 0 bridgehead atoms. The number of aromatic nitrogens is 5. The first-order valence-corrected chi connectivity index (χ1v) is 16.6. The second kappa shape index (κ2) is 18.1. The van der Waals surface area contributed by atoms with Gasteiger partial charge in [0.05, 0.1) is 11.8 Å². The molecule has 6 rings (SSSR count). The Kier molecular flexibility index (Phi) is 15.2. The van der Waals surface area contributed by atoms with E-state index < -0.39 is 59.0 Å². The van der Waals surface area contributed by atoms with Gasteiger partial charge in [0.1, 0.15) is 34.4 Å². The molecule has 51 heavy (non-hydrogen) atoms. The summed E-state index contributed by atoms with van der Waals surface area (Å²) in [4.78, 5) is 65.6. The minimum absolute atomic E-state index is 0. The third kappa shape index (κ3) is 9.04. The number of benzene rings is 1. The molecule has 7 N–H and O–H groups in total. The number of phenolic OH excluding ortho intramolecular Hbond substituents is 2. The number of hydrogen-bond donors (Lipinski definition) is 6. The molecule has 18 nitrogen and oxygen atoms in total. The zero-order valence-corrected chi connectivity index (χ0v) is 26.9. The average molecular weight is 786 g/mol. The van der Waals surface area contributed by atoms with E-state index in [1.165, 1.54) is 39.6 Å². The van der Waals surface area contributed by atoms with Crippen LogP contribution in [0, 0.1) is 6.92 Å². The van der Waals surface area contributed by atoms with Gasteiger partial charge in [0.15, 0.2) is 28.0 Å². The van der Waals surface area contributed by atoms with Crippen LogP contribution in [0.3, 0.4) is 0 Å². The van der Waals surface area contributed by atoms with Gasteiger partial charge in [-0.15, -0.1) is 40.0 Å². The van der Waals surface area contributed by atoms with Crippen LogP contribution in [0.25, 0.3) is 5.65 Å². The van der Waals surface area contributed by atoms with Gasteiger partial charge in [-0.25, -0.2) is 19.6 Å². The molecule has 0 unspecified atom stereocenters. The number of phenols is 2. The van der Waals surface area contributed by atoms with Gasteiger partial charge in [-0.3, -0.25) is 14.5 Å². The molecular formula is C27H26N9Na3O9S3. The number of carboxylic acids is 2. The van der Waals surface area contributed by atoms with Gasteiger partial charge in [-0.1, -0.05) is 10.4 Å². The Balaban J connectivity index is 0.00000234. The molecule has 0 radical (unpaired) electrons. The SMILES string of the molecule is Cc1cc(SCC2=C(C(=O)O)N3C(=O)[C@@H](NC(=O)/C(=N\OCc4cc(O)c(O)cc4C(=O)O)c4csc(N)n4)[C@H]3SC2)n2nncc2n1.[NaH].[NaH].[NaH]. The van der Waals surface area contributed by atoms with Crippen LogP contribution in [0.2, 0.25) is 0 Å². The van der Waals surface area contributed by atoms with Crippen molar-refractivity contribution in [2.24, 2.45) is 5.16 Å². The first kappa shape index (κ1) is 43.0. The number of carbonyl (C=O) groups excluding carboxylic acids is 2. The number of thiazole rings is 1. The first-order valence-electron chi connectivity index (χ1n) is 13.6. The van der Waals surface area contributed by atoms with Crippen molar-refractivity contribution in [3.8, 4) is 11.5 Å². The third-order valence-electron chi connectivity index (χ3n) is 7.08. The molecule has 1 saturated heterocycles. The number of β-lactam (4-membered cyclic amide) rings is 1. The van der Waals surface area contributed by atoms with Crippen LogP contribution in [0.1, 0.15) is 27.3 Å². The van der Waals surface area contributed by atoms with Crippen molar-refractivity contribution in [1.82, 2.24) is 35.0 Å². The minimum atomic E-state index is -1.41. The maximum absolute atomic E-state index is 13.4. The topological polar surface area (TPSA) is 268 Å². The molecule has 254 valence electrons. The Labute approximate surface area is 366 Å². The average Bonchev–Trinajstić information content (AvgIpc) is 3.70. The number of aromatic carboxylic acids is 1. The molecule has 0 spiro atoms. The van der Waals surface area contributed by atoms with Gasteiger partial charge < -0.3 is 36.3 Å². The third-order valence-corrected chi connectivity index (χ3v) is 10.2. The molecule has 1 aromatic carbocycles. The number of aliphatic carboxylic acids is 1. The summed E-state index contributed by atoms with van der Waals surface area (Å²) in [6, 6.07) is 2.50. The molecule has 0 aliphatic carbocycles. The van der Waals surface area contributed by atoms with Crippen molar-refractivity contribution < 1.29 is 44.4 Å². The molecular weight excluding hydrogens is 760 g/mol. The van der Waals surface area contributed by atoms with Gasteiger partial charge in [0.2, 0.25) is 0 Å². The Morgan fingerprint density at radius 3 is 2.51 bits per heavy atom. The van der Waals surface area contributed by atoms with E-state index in [9.17, 15) is 39.6 Å². The van der Waals surface area contributed by atoms with E-state index in [2.05, 4.69) is 30.8 Å². The Morgan fingerprint density at radius 1 is 1.12 bits per heavy atom. The fourth-order valence-corrected chi connectivity index (χ4v) is 7.98. The van der Waals surface area contributed by atoms with E-state index in [0.29, 0.717) is 16.2 Å². The molecule has 1 fully saturated rings. The van der Waals surface area contributed by atoms with Crippen LogP contribution in [-0.2, 0) is 25.8 Å². The number of amides is 2. The number of fused-ring (bicyclic) bond motifs is 2. The van der Waals surface area contributed by atoms with E-state index in [1.54, 1.807) is 6.07 Å². The fraction of sp³-hybridized carbons (Fsp3) is 0.222. The molecule has 2 amide bonds. The Hall–Kier alpha value is -2.41. The second-order valence-corrected chi connectivity index (χ2v) is 13.2. The predicted molar refractivity (Wildman–Crippen MR) is 192 cm³/mol. The molecule has 3 aromatic heterocycles. The first-order chi connectivity index (χ1) is 22.9. The molecule has 2 aliphatic heterocycles. The summed E-state index contributed by atoms with van der Waals surface area (Å²) in [5.74, 6) is -4.99. The van der Waals surface area contributed by atoms with Crippen molar-refractivity contribution in [2.45, 2.75) is 30.0 Å². The number of hydrogen-bond acceptors (Lipinski definition) is 16. The standard InChI is InChI=1S/C27H23N9O9S3.3Na.3H/c1-10-2-18(36-17(30-10)5-29-34-36)46-7-12-8-47-24-20(23(40)35(24)21(12)26(43)44)32-22(39)19(14-9-48-27(28)31-14)33-45-6-11-3-15(37)16(38)4-13(11)25(41)42;;;;;;/h2-5,9,20,24,37-38H,6-8H2,1H3,(H2,28,31)(H,32,39)(H,41,42)(H,43,44);;;;;;/b33-19-;;;;;;/t20-,24-;;;;;;/m1....../s1. The predicted octanol–water partition coefficient (Wildman–Crippen LogP) is -0.913. The number of anilines is 1. The van der Waals surface area contributed by atoms with Gasteiger partial charge >= 0.3 is 101 Å². The monoisotopic (exact) mass is 785 g/mol. The van der Waals surface area contributed by atoms with Gasteiger partial charge in [-0.05, 0) is 30.7 Å². The number of nitrogens with one attached hydrogen (secondary N) is 1. The number of thioether (sulfide) groups is 2. The number of aryl methyl sites for hydroxylation is 1. The number of carbonyl (C=O) groups is 4. The Bertz CT molecular complexity index is 2080. The summed E-state index contributed by atoms with van der Waals surface area (Å²) in [6.07, 6.45) is 1.51. The van der Waals surface area contributed by atoms with Crippen LogP contribution >= 0.6 is 34.9 Å². The number of oxime groups is 1. The molecule has 2 atom stereocenters. The van der Waals surface area contributed by atoms with Crippen molar-refractivity contribution in [2.75, 3.05) is 17.2 Å². The normalized spacial score (nSPS) is 16.6. The summed E-state index contributed by atoms with van der Waals surface area (Å²) < 4.78 is 1.54. The maximum atomic E-state index is 13.4. The van der Waals surface area contributed by atoms with Crippen molar-refractivity contribution in [3.05, 3.63) is 63.6 Å². The number of rotatable bonds is 11. The molecule has 24 heteroatoms. The second-order valence-electron chi connectivity index (χ2n) is 10.2. The van der Waals surface area contributed by atoms with Crippen LogP contribution in [0.5, 0.6) is 11.5 Å². The van der Waals surface area contributed by atoms with Crippen LogP contribution < -0.4 is 11.1 Å². The van der Waals surface area contributed by atoms with Gasteiger partial charge in [0.25, 0.3) is 11.8 Å². The van der Waals surface area contributed by atoms with E-state index in [0.717, 1.165) is 34.1 Å². The number of aromatic hydroxyl groups is 2. The summed E-state index contributed by atoms with van der Waals surface area (Å²) in [7, 11) is 0. The van der Waals surface area contributed by atoms with Gasteiger partial charge in [0, 0.05) is 28.1 Å². The summed E-state index contributed by atoms with van der Waals surface area (Å²) in [6.45, 7) is 1.28. The van der Waals surface area contributed by atoms with E-state index >= 15 is 0 Å². The summed E-state index contributed by atoms with van der Waals surface area (Å²) in [5.41, 5.74) is 6.52. The van der Waals surface area contributed by atoms with E-state index in [1.807, 2.05) is 6.92 Å². The summed E-state index contributed by atoms with van der Waals surface area (Å²) in [5, 5.41) is 54.8. The van der Waals surface area contributed by atoms with Crippen molar-refractivity contribution in [3.63, 3.8) is 0 Å². The molecule has 2 aliphatic rings. The molecule has 5 heterocycles. The number of nitrogens with two attached hydrogens (primary N) is 1. The van der Waals surface area contributed by atoms with Crippen LogP contribution in [0.15, 0.2) is 51.2 Å². The molecule has 0 saturated carbocycles. The quantitative estimate of drug-likeness (QED) is 0.0204. The van der Waals surface area contributed by atoms with E-state index in [-0.39, 0.29) is 128 Å². The summed E-state index contributed by atoms with van der Waals surface area (Å²) >= 11 is 3.60. The molecule has 4 aromatic rings. The van der Waals surface area contributed by atoms with Crippen LogP contribution in [-0.4, -0.2) is 191 Å². The van der Waals surface area contributed by atoms with Crippen molar-refractivity contribution >= 4 is 164 Å². The zero-order chi connectivity index (χ0) is 34.3. The number of nitrogen functional groups attached to an aromatic ring is 1. The Morgan fingerprint density at radius 2 is 1.84 bits per heavy atom. The fourth-order valence-electron chi connectivity index (χ4n) is 4.89. The van der Waals surface area contributed by atoms with Crippen molar-refractivity contribution in [1.29, 1.82) is 0 Å². The number of carboxylic acid groups (broad SMARTS) is 2.